The monoisotopic (exact) mass is 307 g/mol. The molecule has 1 aliphatic heterocycles. The highest BCUT2D eigenvalue weighted by Gasteiger charge is 2.27. The van der Waals surface area contributed by atoms with Gasteiger partial charge in [0.15, 0.2) is 0 Å². The van der Waals surface area contributed by atoms with E-state index in [1.807, 2.05) is 25.7 Å². The summed E-state index contributed by atoms with van der Waals surface area (Å²) in [6.45, 7) is 7.77. The molecule has 6 nitrogen and oxygen atoms in total. The number of likely N-dealkylation sites (tertiary alicyclic amines) is 1. The number of aromatic nitrogens is 2. The summed E-state index contributed by atoms with van der Waals surface area (Å²) in [5.41, 5.74) is -0.445. The SMILES string of the molecule is CC(C)(C)OC(=O)N1CCCC(CCOc2cnccn2)C1. The number of amides is 1. The highest BCUT2D eigenvalue weighted by Crippen LogP contribution is 2.22. The molecule has 0 N–H and O–H groups in total. The summed E-state index contributed by atoms with van der Waals surface area (Å²) in [4.78, 5) is 22.0. The van der Waals surface area contributed by atoms with Crippen molar-refractivity contribution in [3.63, 3.8) is 0 Å². The molecule has 0 aliphatic carbocycles. The van der Waals surface area contributed by atoms with E-state index >= 15 is 0 Å². The Bertz CT molecular complexity index is 473. The van der Waals surface area contributed by atoms with E-state index in [1.54, 1.807) is 18.6 Å². The largest absolute Gasteiger partial charge is 0.477 e. The van der Waals surface area contributed by atoms with Crippen molar-refractivity contribution in [3.05, 3.63) is 18.6 Å². The maximum absolute atomic E-state index is 12.1. The first-order chi connectivity index (χ1) is 10.4. The molecule has 0 spiro atoms. The number of carbonyl (C=O) groups is 1. The minimum absolute atomic E-state index is 0.216. The van der Waals surface area contributed by atoms with Gasteiger partial charge >= 0.3 is 6.09 Å². The number of nitrogens with zero attached hydrogens (tertiary/aromatic N) is 3. The van der Waals surface area contributed by atoms with E-state index in [9.17, 15) is 4.79 Å². The van der Waals surface area contributed by atoms with Gasteiger partial charge in [0.2, 0.25) is 5.88 Å². The molecule has 1 fully saturated rings. The van der Waals surface area contributed by atoms with Crippen molar-refractivity contribution < 1.29 is 14.3 Å². The lowest BCUT2D eigenvalue weighted by Gasteiger charge is -2.34. The summed E-state index contributed by atoms with van der Waals surface area (Å²) in [6, 6.07) is 0. The summed E-state index contributed by atoms with van der Waals surface area (Å²) >= 11 is 0. The average Bonchev–Trinajstić information content (AvgIpc) is 2.47. The molecule has 0 aromatic carbocycles. The van der Waals surface area contributed by atoms with E-state index in [4.69, 9.17) is 9.47 Å². The molecule has 1 aliphatic rings. The van der Waals surface area contributed by atoms with E-state index in [-0.39, 0.29) is 6.09 Å². The Balaban J connectivity index is 1.75. The van der Waals surface area contributed by atoms with Gasteiger partial charge in [-0.05, 0) is 46.0 Å². The van der Waals surface area contributed by atoms with Gasteiger partial charge in [-0.1, -0.05) is 0 Å². The van der Waals surface area contributed by atoms with Crippen LogP contribution in [0.3, 0.4) is 0 Å². The van der Waals surface area contributed by atoms with Gasteiger partial charge in [0, 0.05) is 25.5 Å². The van der Waals surface area contributed by atoms with Crippen LogP contribution < -0.4 is 4.74 Å². The first kappa shape index (κ1) is 16.5. The topological polar surface area (TPSA) is 64.5 Å². The Morgan fingerprint density at radius 2 is 2.23 bits per heavy atom. The molecule has 22 heavy (non-hydrogen) atoms. The molecule has 0 bridgehead atoms. The van der Waals surface area contributed by atoms with Gasteiger partial charge in [0.1, 0.15) is 5.60 Å². The maximum Gasteiger partial charge on any atom is 0.410 e. The molecular weight excluding hydrogens is 282 g/mol. The molecule has 1 aromatic rings. The van der Waals surface area contributed by atoms with Gasteiger partial charge in [0.05, 0.1) is 12.8 Å². The zero-order valence-electron chi connectivity index (χ0n) is 13.6. The quantitative estimate of drug-likeness (QED) is 0.855. The third-order valence-electron chi connectivity index (χ3n) is 3.49. The zero-order valence-corrected chi connectivity index (χ0v) is 13.6. The Hall–Kier alpha value is -1.85. The Kier molecular flexibility index (Phi) is 5.57. The van der Waals surface area contributed by atoms with E-state index < -0.39 is 5.60 Å². The van der Waals surface area contributed by atoms with E-state index in [1.165, 1.54) is 0 Å². The number of hydrogen-bond donors (Lipinski definition) is 0. The van der Waals surface area contributed by atoms with Gasteiger partial charge < -0.3 is 14.4 Å². The standard InChI is InChI=1S/C16H25N3O3/c1-16(2,3)22-15(20)19-9-4-5-13(12-19)6-10-21-14-11-17-7-8-18-14/h7-8,11,13H,4-6,9-10,12H2,1-3H3. The van der Waals surface area contributed by atoms with Crippen LogP contribution in [0.1, 0.15) is 40.0 Å². The average molecular weight is 307 g/mol. The van der Waals surface area contributed by atoms with Crippen molar-refractivity contribution in [2.24, 2.45) is 5.92 Å². The number of carbonyl (C=O) groups excluding carboxylic acids is 1. The molecule has 1 saturated heterocycles. The number of rotatable bonds is 4. The van der Waals surface area contributed by atoms with Crippen molar-refractivity contribution in [1.82, 2.24) is 14.9 Å². The smallest absolute Gasteiger partial charge is 0.410 e. The highest BCUT2D eigenvalue weighted by atomic mass is 16.6. The summed E-state index contributed by atoms with van der Waals surface area (Å²) in [7, 11) is 0. The first-order valence-corrected chi connectivity index (χ1v) is 7.81. The second-order valence-corrected chi connectivity index (χ2v) is 6.62. The predicted octanol–water partition coefficient (Wildman–Crippen LogP) is 2.89. The Morgan fingerprint density at radius 1 is 1.41 bits per heavy atom. The van der Waals surface area contributed by atoms with Crippen LogP contribution in [-0.2, 0) is 4.74 Å². The lowest BCUT2D eigenvalue weighted by Crippen LogP contribution is -2.43. The van der Waals surface area contributed by atoms with Crippen LogP contribution in [0.2, 0.25) is 0 Å². The van der Waals surface area contributed by atoms with Crippen molar-refractivity contribution >= 4 is 6.09 Å². The zero-order chi connectivity index (χ0) is 16.0. The first-order valence-electron chi connectivity index (χ1n) is 7.81. The summed E-state index contributed by atoms with van der Waals surface area (Å²) < 4.78 is 11.0. The predicted molar refractivity (Wildman–Crippen MR) is 82.7 cm³/mol. The minimum Gasteiger partial charge on any atom is -0.477 e. The van der Waals surface area contributed by atoms with Crippen LogP contribution >= 0.6 is 0 Å². The van der Waals surface area contributed by atoms with Crippen LogP contribution in [0, 0.1) is 5.92 Å². The Morgan fingerprint density at radius 3 is 2.91 bits per heavy atom. The van der Waals surface area contributed by atoms with E-state index in [0.717, 1.165) is 32.4 Å². The molecule has 2 rings (SSSR count). The Labute approximate surface area is 131 Å². The number of piperidine rings is 1. The van der Waals surface area contributed by atoms with E-state index in [0.29, 0.717) is 18.4 Å². The van der Waals surface area contributed by atoms with Crippen molar-refractivity contribution in [2.45, 2.75) is 45.6 Å². The second-order valence-electron chi connectivity index (χ2n) is 6.62. The molecule has 6 heteroatoms. The fraction of sp³-hybridized carbons (Fsp3) is 0.688. The molecule has 2 heterocycles. The van der Waals surface area contributed by atoms with Gasteiger partial charge in [-0.25, -0.2) is 9.78 Å². The lowest BCUT2D eigenvalue weighted by atomic mass is 9.95. The molecular formula is C16H25N3O3. The molecule has 0 saturated carbocycles. The molecule has 1 amide bonds. The molecule has 1 unspecified atom stereocenters. The van der Waals surface area contributed by atoms with Crippen LogP contribution in [0.5, 0.6) is 5.88 Å². The summed E-state index contributed by atoms with van der Waals surface area (Å²) in [5, 5.41) is 0. The molecule has 1 atom stereocenters. The molecule has 122 valence electrons. The third-order valence-corrected chi connectivity index (χ3v) is 3.49. The minimum atomic E-state index is -0.445. The fourth-order valence-corrected chi connectivity index (χ4v) is 2.48. The highest BCUT2D eigenvalue weighted by molar-refractivity contribution is 5.68. The fourth-order valence-electron chi connectivity index (χ4n) is 2.48. The lowest BCUT2D eigenvalue weighted by molar-refractivity contribution is 0.0154. The van der Waals surface area contributed by atoms with Crippen LogP contribution in [0.25, 0.3) is 0 Å². The maximum atomic E-state index is 12.1. The summed E-state index contributed by atoms with van der Waals surface area (Å²) in [6.07, 6.45) is 7.64. The van der Waals surface area contributed by atoms with Crippen molar-refractivity contribution in [2.75, 3.05) is 19.7 Å². The molecule has 0 radical (unpaired) electrons. The van der Waals surface area contributed by atoms with Crippen molar-refractivity contribution in [3.8, 4) is 5.88 Å². The number of ether oxygens (including phenoxy) is 2. The third kappa shape index (κ3) is 5.50. The van der Waals surface area contributed by atoms with Gasteiger partial charge in [-0.3, -0.25) is 4.98 Å². The van der Waals surface area contributed by atoms with E-state index in [2.05, 4.69) is 9.97 Å². The molecule has 1 aromatic heterocycles. The van der Waals surface area contributed by atoms with Gasteiger partial charge in [-0.15, -0.1) is 0 Å². The van der Waals surface area contributed by atoms with Gasteiger partial charge in [-0.2, -0.15) is 0 Å². The van der Waals surface area contributed by atoms with Crippen LogP contribution in [0.4, 0.5) is 4.79 Å². The van der Waals surface area contributed by atoms with Crippen LogP contribution in [-0.4, -0.2) is 46.3 Å². The normalized spacial score (nSPS) is 18.9. The van der Waals surface area contributed by atoms with Crippen LogP contribution in [0.15, 0.2) is 18.6 Å². The second kappa shape index (κ2) is 7.42. The summed E-state index contributed by atoms with van der Waals surface area (Å²) in [5.74, 6) is 0.986. The van der Waals surface area contributed by atoms with Crippen molar-refractivity contribution in [1.29, 1.82) is 0 Å². The number of hydrogen-bond acceptors (Lipinski definition) is 5. The van der Waals surface area contributed by atoms with Gasteiger partial charge in [0.25, 0.3) is 0 Å².